The zero-order valence-corrected chi connectivity index (χ0v) is 11.9. The van der Waals surface area contributed by atoms with Crippen LogP contribution in [0.4, 0.5) is 5.69 Å². The molecule has 0 amide bonds. The van der Waals surface area contributed by atoms with Crippen LogP contribution >= 0.6 is 15.9 Å². The molecular weight excluding hydrogens is 300 g/mol. The van der Waals surface area contributed by atoms with Crippen molar-refractivity contribution in [2.45, 2.75) is 0 Å². The van der Waals surface area contributed by atoms with E-state index in [9.17, 15) is 4.79 Å². The van der Waals surface area contributed by atoms with Crippen molar-refractivity contribution in [1.29, 1.82) is 0 Å². The van der Waals surface area contributed by atoms with Crippen LogP contribution in [0.5, 0.6) is 0 Å². The van der Waals surface area contributed by atoms with Crippen LogP contribution in [0, 0.1) is 0 Å². The molecule has 1 aromatic rings. The fraction of sp³-hybridized carbons (Fsp3) is 0.636. The first-order valence-electron chi connectivity index (χ1n) is 5.93. The lowest BCUT2D eigenvalue weighted by atomic mass is 10.3. The molecule has 18 heavy (non-hydrogen) atoms. The number of aromatic nitrogens is 2. The van der Waals surface area contributed by atoms with Crippen molar-refractivity contribution in [3.63, 3.8) is 0 Å². The number of rotatable bonds is 3. The maximum Gasteiger partial charge on any atom is 0.282 e. The Balaban J connectivity index is 2.10. The average Bonchev–Trinajstić information content (AvgIpc) is 2.38. The number of nitrogens with zero attached hydrogens (tertiary/aromatic N) is 4. The molecule has 1 aliphatic heterocycles. The Kier molecular flexibility index (Phi) is 4.36. The maximum absolute atomic E-state index is 11.8. The lowest BCUT2D eigenvalue weighted by Crippen LogP contribution is -2.47. The van der Waals surface area contributed by atoms with Crippen molar-refractivity contribution in [3.8, 4) is 0 Å². The van der Waals surface area contributed by atoms with Gasteiger partial charge in [0.15, 0.2) is 0 Å². The summed E-state index contributed by atoms with van der Waals surface area (Å²) in [6.07, 6.45) is 1.72. The Labute approximate surface area is 114 Å². The van der Waals surface area contributed by atoms with Gasteiger partial charge in [-0.2, -0.15) is 5.10 Å². The van der Waals surface area contributed by atoms with Gasteiger partial charge < -0.3 is 10.0 Å². The van der Waals surface area contributed by atoms with E-state index in [1.165, 1.54) is 4.68 Å². The van der Waals surface area contributed by atoms with Crippen molar-refractivity contribution in [3.05, 3.63) is 21.0 Å². The molecule has 2 heterocycles. The third kappa shape index (κ3) is 2.73. The highest BCUT2D eigenvalue weighted by Gasteiger charge is 2.20. The predicted octanol–water partition coefficient (Wildman–Crippen LogP) is -0.343. The first kappa shape index (κ1) is 13.5. The van der Waals surface area contributed by atoms with E-state index in [-0.39, 0.29) is 12.2 Å². The summed E-state index contributed by atoms with van der Waals surface area (Å²) >= 11 is 3.34. The molecule has 0 unspecified atom stereocenters. The number of hydrogen-bond donors (Lipinski definition) is 1. The Morgan fingerprint density at radius 1 is 1.39 bits per heavy atom. The van der Waals surface area contributed by atoms with Crippen molar-refractivity contribution in [1.82, 2.24) is 14.7 Å². The van der Waals surface area contributed by atoms with Gasteiger partial charge in [-0.05, 0) is 15.9 Å². The molecule has 6 nitrogen and oxygen atoms in total. The van der Waals surface area contributed by atoms with Gasteiger partial charge in [0.1, 0.15) is 4.47 Å². The molecular formula is C11H17BrN4O2. The third-order valence-electron chi connectivity index (χ3n) is 3.19. The van der Waals surface area contributed by atoms with Gasteiger partial charge in [0.05, 0.1) is 18.5 Å². The number of hydrogen-bond acceptors (Lipinski definition) is 5. The van der Waals surface area contributed by atoms with Crippen molar-refractivity contribution < 1.29 is 5.11 Å². The third-order valence-corrected chi connectivity index (χ3v) is 3.93. The summed E-state index contributed by atoms with van der Waals surface area (Å²) in [7, 11) is 1.63. The molecule has 1 N–H and O–H groups in total. The first-order chi connectivity index (χ1) is 8.63. The normalized spacial score (nSPS) is 17.2. The molecule has 2 rings (SSSR count). The van der Waals surface area contributed by atoms with Crippen molar-refractivity contribution in [2.75, 3.05) is 44.2 Å². The summed E-state index contributed by atoms with van der Waals surface area (Å²) < 4.78 is 1.88. The molecule has 0 saturated carbocycles. The number of aryl methyl sites for hydroxylation is 1. The zero-order valence-electron chi connectivity index (χ0n) is 10.3. The molecule has 100 valence electrons. The SMILES string of the molecule is Cn1ncc(N2CCN(CCO)CC2)c(Br)c1=O. The van der Waals surface area contributed by atoms with Crippen molar-refractivity contribution in [2.24, 2.45) is 7.05 Å². The second kappa shape index (κ2) is 5.81. The lowest BCUT2D eigenvalue weighted by Gasteiger charge is -2.35. The molecule has 1 aromatic heterocycles. The minimum atomic E-state index is -0.120. The zero-order chi connectivity index (χ0) is 13.1. The number of piperazine rings is 1. The van der Waals surface area contributed by atoms with E-state index in [1.54, 1.807) is 13.2 Å². The summed E-state index contributed by atoms with van der Waals surface area (Å²) in [6, 6.07) is 0. The predicted molar refractivity (Wildman–Crippen MR) is 72.9 cm³/mol. The largest absolute Gasteiger partial charge is 0.395 e. The summed E-state index contributed by atoms with van der Waals surface area (Å²) in [4.78, 5) is 16.1. The van der Waals surface area contributed by atoms with Crippen LogP contribution < -0.4 is 10.5 Å². The van der Waals surface area contributed by atoms with E-state index in [0.29, 0.717) is 11.0 Å². The number of anilines is 1. The Bertz CT molecular complexity index is 469. The molecule has 1 fully saturated rings. The quantitative estimate of drug-likeness (QED) is 0.826. The second-order valence-electron chi connectivity index (χ2n) is 4.32. The van der Waals surface area contributed by atoms with Gasteiger partial charge in [0.25, 0.3) is 5.56 Å². The maximum atomic E-state index is 11.8. The van der Waals surface area contributed by atoms with E-state index in [0.717, 1.165) is 31.9 Å². The van der Waals surface area contributed by atoms with Crippen LogP contribution in [0.3, 0.4) is 0 Å². The highest BCUT2D eigenvalue weighted by molar-refractivity contribution is 9.10. The van der Waals surface area contributed by atoms with Crippen LogP contribution in [0.2, 0.25) is 0 Å². The van der Waals surface area contributed by atoms with Crippen LogP contribution in [0.1, 0.15) is 0 Å². The minimum Gasteiger partial charge on any atom is -0.395 e. The molecule has 0 aliphatic carbocycles. The van der Waals surface area contributed by atoms with E-state index in [1.807, 2.05) is 0 Å². The number of β-amino-alcohol motifs (C(OH)–C–C–N with tert-alkyl or cyclic N) is 1. The number of aliphatic hydroxyl groups excluding tert-OH is 1. The van der Waals surface area contributed by atoms with Gasteiger partial charge in [-0.25, -0.2) is 4.68 Å². The Morgan fingerprint density at radius 3 is 2.67 bits per heavy atom. The van der Waals surface area contributed by atoms with E-state index < -0.39 is 0 Å². The van der Waals surface area contributed by atoms with E-state index >= 15 is 0 Å². The smallest absolute Gasteiger partial charge is 0.282 e. The molecule has 0 aromatic carbocycles. The second-order valence-corrected chi connectivity index (χ2v) is 5.12. The molecule has 0 radical (unpaired) electrons. The highest BCUT2D eigenvalue weighted by Crippen LogP contribution is 2.22. The van der Waals surface area contributed by atoms with Crippen LogP contribution in [-0.2, 0) is 7.05 Å². The molecule has 1 saturated heterocycles. The van der Waals surface area contributed by atoms with Crippen molar-refractivity contribution >= 4 is 21.6 Å². The Hall–Kier alpha value is -0.920. The van der Waals surface area contributed by atoms with Gasteiger partial charge >= 0.3 is 0 Å². The summed E-state index contributed by atoms with van der Waals surface area (Å²) in [5.74, 6) is 0. The molecule has 1 aliphatic rings. The molecule has 7 heteroatoms. The Morgan fingerprint density at radius 2 is 2.06 bits per heavy atom. The average molecular weight is 317 g/mol. The fourth-order valence-corrected chi connectivity index (χ4v) is 2.69. The van der Waals surface area contributed by atoms with Crippen LogP contribution in [0.25, 0.3) is 0 Å². The molecule has 0 spiro atoms. The molecule has 0 bridgehead atoms. The monoisotopic (exact) mass is 316 g/mol. The fourth-order valence-electron chi connectivity index (χ4n) is 2.08. The standard InChI is InChI=1S/C11H17BrN4O2/c1-14-11(18)10(12)9(8-13-14)16-4-2-15(3-5-16)6-7-17/h8,17H,2-7H2,1H3. The summed E-state index contributed by atoms with van der Waals surface area (Å²) in [5, 5.41) is 12.9. The van der Waals surface area contributed by atoms with Crippen LogP contribution in [0.15, 0.2) is 15.5 Å². The minimum absolute atomic E-state index is 0.120. The summed E-state index contributed by atoms with van der Waals surface area (Å²) in [6.45, 7) is 4.37. The van der Waals surface area contributed by atoms with Crippen LogP contribution in [-0.4, -0.2) is 59.1 Å². The van der Waals surface area contributed by atoms with E-state index in [4.69, 9.17) is 5.11 Å². The lowest BCUT2D eigenvalue weighted by molar-refractivity contribution is 0.188. The van der Waals surface area contributed by atoms with Gasteiger partial charge in [0.2, 0.25) is 0 Å². The number of halogens is 1. The van der Waals surface area contributed by atoms with E-state index in [2.05, 4.69) is 30.8 Å². The number of aliphatic hydroxyl groups is 1. The summed E-state index contributed by atoms with van der Waals surface area (Å²) in [5.41, 5.74) is 0.729. The topological polar surface area (TPSA) is 61.6 Å². The first-order valence-corrected chi connectivity index (χ1v) is 6.72. The van der Waals surface area contributed by atoms with Gasteiger partial charge in [-0.15, -0.1) is 0 Å². The highest BCUT2D eigenvalue weighted by atomic mass is 79.9. The van der Waals surface area contributed by atoms with Gasteiger partial charge in [0, 0.05) is 39.8 Å². The van der Waals surface area contributed by atoms with Gasteiger partial charge in [-0.1, -0.05) is 0 Å². The van der Waals surface area contributed by atoms with Gasteiger partial charge in [-0.3, -0.25) is 9.69 Å². The molecule has 0 atom stereocenters.